The zero-order valence-electron chi connectivity index (χ0n) is 11.3. The van der Waals surface area contributed by atoms with E-state index in [1.54, 1.807) is 11.3 Å². The maximum absolute atomic E-state index is 12.2. The summed E-state index contributed by atoms with van der Waals surface area (Å²) in [4.78, 5) is 18.7. The van der Waals surface area contributed by atoms with Crippen molar-refractivity contribution >= 4 is 17.2 Å². The van der Waals surface area contributed by atoms with E-state index in [-0.39, 0.29) is 12.5 Å². The van der Waals surface area contributed by atoms with Crippen molar-refractivity contribution in [2.75, 3.05) is 13.1 Å². The largest absolute Gasteiger partial charge is 0.340 e. The molecule has 7 nitrogen and oxygen atoms in total. The Morgan fingerprint density at radius 2 is 2.45 bits per heavy atom. The average Bonchev–Trinajstić information content (AvgIpc) is 3.10. The molecule has 106 valence electrons. The van der Waals surface area contributed by atoms with Crippen LogP contribution in [0.1, 0.15) is 29.5 Å². The zero-order chi connectivity index (χ0) is 13.9. The van der Waals surface area contributed by atoms with Gasteiger partial charge in [-0.15, -0.1) is 16.4 Å². The molecule has 2 aromatic heterocycles. The summed E-state index contributed by atoms with van der Waals surface area (Å²) in [6.45, 7) is 3.76. The van der Waals surface area contributed by atoms with Gasteiger partial charge in [0.2, 0.25) is 5.91 Å². The number of aryl methyl sites for hydroxylation is 1. The molecule has 3 rings (SSSR count). The number of tetrazole rings is 1. The number of aromatic nitrogens is 5. The van der Waals surface area contributed by atoms with E-state index < -0.39 is 0 Å². The van der Waals surface area contributed by atoms with Crippen LogP contribution in [0.15, 0.2) is 11.7 Å². The van der Waals surface area contributed by atoms with Crippen LogP contribution >= 0.6 is 11.3 Å². The van der Waals surface area contributed by atoms with Crippen molar-refractivity contribution < 1.29 is 4.79 Å². The van der Waals surface area contributed by atoms with Crippen LogP contribution in [-0.4, -0.2) is 49.1 Å². The fourth-order valence-electron chi connectivity index (χ4n) is 2.46. The summed E-state index contributed by atoms with van der Waals surface area (Å²) < 4.78 is 1.46. The van der Waals surface area contributed by atoms with Gasteiger partial charge in [-0.05, 0) is 30.2 Å². The molecule has 1 atom stereocenters. The van der Waals surface area contributed by atoms with E-state index in [9.17, 15) is 4.79 Å². The van der Waals surface area contributed by atoms with Crippen LogP contribution in [0.5, 0.6) is 0 Å². The van der Waals surface area contributed by atoms with E-state index in [4.69, 9.17) is 0 Å². The Labute approximate surface area is 120 Å². The number of rotatable bonds is 3. The molecule has 0 unspecified atom stereocenters. The summed E-state index contributed by atoms with van der Waals surface area (Å²) in [5.41, 5.74) is 1.06. The first-order chi connectivity index (χ1) is 9.72. The Bertz CT molecular complexity index is 581. The monoisotopic (exact) mass is 292 g/mol. The second-order valence-corrected chi connectivity index (χ2v) is 5.90. The fraction of sp³-hybridized carbons (Fsp3) is 0.583. The first-order valence-corrected chi connectivity index (χ1v) is 7.51. The molecule has 20 heavy (non-hydrogen) atoms. The molecule has 0 spiro atoms. The van der Waals surface area contributed by atoms with Crippen molar-refractivity contribution in [1.82, 2.24) is 30.1 Å². The number of nitrogens with zero attached hydrogens (tertiary/aromatic N) is 6. The van der Waals surface area contributed by atoms with Crippen molar-refractivity contribution in [3.8, 4) is 0 Å². The molecule has 1 aliphatic rings. The molecule has 3 heterocycles. The van der Waals surface area contributed by atoms with Crippen molar-refractivity contribution in [2.24, 2.45) is 0 Å². The molecule has 0 aliphatic carbocycles. The minimum absolute atomic E-state index is 0.0651. The van der Waals surface area contributed by atoms with Crippen molar-refractivity contribution in [3.05, 3.63) is 22.4 Å². The molecule has 0 aromatic carbocycles. The average molecular weight is 292 g/mol. The number of carbonyl (C=O) groups is 1. The SMILES string of the molecule is Cc1csc([C@@H]2CCCN(C(=O)Cn3cnnn3)C2)n1. The van der Waals surface area contributed by atoms with Crippen molar-refractivity contribution in [1.29, 1.82) is 0 Å². The lowest BCUT2D eigenvalue weighted by atomic mass is 9.98. The lowest BCUT2D eigenvalue weighted by Gasteiger charge is -2.31. The molecule has 1 aliphatic heterocycles. The predicted molar refractivity (Wildman–Crippen MR) is 73.2 cm³/mol. The third kappa shape index (κ3) is 2.84. The van der Waals surface area contributed by atoms with Crippen LogP contribution in [0.2, 0.25) is 0 Å². The highest BCUT2D eigenvalue weighted by Gasteiger charge is 2.26. The van der Waals surface area contributed by atoms with Gasteiger partial charge in [-0.3, -0.25) is 4.79 Å². The van der Waals surface area contributed by atoms with Gasteiger partial charge < -0.3 is 4.90 Å². The fourth-order valence-corrected chi connectivity index (χ4v) is 3.38. The molecular weight excluding hydrogens is 276 g/mol. The van der Waals surface area contributed by atoms with E-state index in [1.807, 2.05) is 11.8 Å². The summed E-state index contributed by atoms with van der Waals surface area (Å²) in [6.07, 6.45) is 3.58. The lowest BCUT2D eigenvalue weighted by Crippen LogP contribution is -2.40. The number of amides is 1. The topological polar surface area (TPSA) is 76.8 Å². The number of carbonyl (C=O) groups excluding carboxylic acids is 1. The summed E-state index contributed by atoms with van der Waals surface area (Å²) in [7, 11) is 0. The van der Waals surface area contributed by atoms with E-state index in [1.165, 1.54) is 11.0 Å². The Balaban J connectivity index is 1.64. The predicted octanol–water partition coefficient (Wildman–Crippen LogP) is 0.844. The van der Waals surface area contributed by atoms with Crippen LogP contribution in [0.25, 0.3) is 0 Å². The summed E-state index contributed by atoms with van der Waals surface area (Å²) in [5.74, 6) is 0.426. The van der Waals surface area contributed by atoms with Crippen LogP contribution < -0.4 is 0 Å². The lowest BCUT2D eigenvalue weighted by molar-refractivity contribution is -0.133. The number of hydrogen-bond acceptors (Lipinski definition) is 6. The number of hydrogen-bond donors (Lipinski definition) is 0. The van der Waals surface area contributed by atoms with Gasteiger partial charge in [0.25, 0.3) is 0 Å². The highest BCUT2D eigenvalue weighted by molar-refractivity contribution is 7.09. The molecule has 0 N–H and O–H groups in total. The molecule has 8 heteroatoms. The Morgan fingerprint density at radius 1 is 1.55 bits per heavy atom. The van der Waals surface area contributed by atoms with Gasteiger partial charge in [-0.2, -0.15) is 0 Å². The smallest absolute Gasteiger partial charge is 0.244 e. The highest BCUT2D eigenvalue weighted by atomic mass is 32.1. The molecule has 2 aromatic rings. The molecule has 1 fully saturated rings. The van der Waals surface area contributed by atoms with Crippen LogP contribution in [0.3, 0.4) is 0 Å². The van der Waals surface area contributed by atoms with E-state index in [2.05, 4.69) is 25.9 Å². The van der Waals surface area contributed by atoms with Crippen molar-refractivity contribution in [3.63, 3.8) is 0 Å². The molecule has 1 amide bonds. The highest BCUT2D eigenvalue weighted by Crippen LogP contribution is 2.29. The van der Waals surface area contributed by atoms with Gasteiger partial charge in [-0.25, -0.2) is 9.67 Å². The van der Waals surface area contributed by atoms with E-state index in [0.717, 1.165) is 36.6 Å². The van der Waals surface area contributed by atoms with Gasteiger partial charge in [0.1, 0.15) is 12.9 Å². The standard InChI is InChI=1S/C12H16N6OS/c1-9-7-20-12(14-9)10-3-2-4-17(5-10)11(19)6-18-8-13-15-16-18/h7-8,10H,2-6H2,1H3/t10-/m1/s1. The molecule has 0 radical (unpaired) electrons. The van der Waals surface area contributed by atoms with Gasteiger partial charge in [0.05, 0.1) is 5.01 Å². The zero-order valence-corrected chi connectivity index (χ0v) is 12.1. The minimum atomic E-state index is 0.0651. The second-order valence-electron chi connectivity index (χ2n) is 5.01. The van der Waals surface area contributed by atoms with Gasteiger partial charge >= 0.3 is 0 Å². The molecule has 0 saturated carbocycles. The van der Waals surface area contributed by atoms with Crippen molar-refractivity contribution in [2.45, 2.75) is 32.2 Å². The van der Waals surface area contributed by atoms with Crippen LogP contribution in [0.4, 0.5) is 0 Å². The van der Waals surface area contributed by atoms with Gasteiger partial charge in [0.15, 0.2) is 0 Å². The molecule has 1 saturated heterocycles. The number of thiazole rings is 1. The normalized spacial score (nSPS) is 19.2. The van der Waals surface area contributed by atoms with E-state index >= 15 is 0 Å². The Morgan fingerprint density at radius 3 is 3.15 bits per heavy atom. The Kier molecular flexibility index (Phi) is 3.72. The second kappa shape index (κ2) is 5.66. The van der Waals surface area contributed by atoms with Gasteiger partial charge in [0, 0.05) is 30.1 Å². The summed E-state index contributed by atoms with van der Waals surface area (Å²) in [5, 5.41) is 14.0. The summed E-state index contributed by atoms with van der Waals surface area (Å²) in [6, 6.07) is 0. The molecular formula is C12H16N6OS. The third-order valence-electron chi connectivity index (χ3n) is 3.45. The Hall–Kier alpha value is -1.83. The number of piperidine rings is 1. The first kappa shape index (κ1) is 13.2. The minimum Gasteiger partial charge on any atom is -0.340 e. The van der Waals surface area contributed by atoms with Gasteiger partial charge in [-0.1, -0.05) is 0 Å². The first-order valence-electron chi connectivity index (χ1n) is 6.63. The maximum Gasteiger partial charge on any atom is 0.244 e. The maximum atomic E-state index is 12.2. The third-order valence-corrected chi connectivity index (χ3v) is 4.57. The number of likely N-dealkylation sites (tertiary alicyclic amines) is 1. The van der Waals surface area contributed by atoms with E-state index in [0.29, 0.717) is 5.92 Å². The summed E-state index contributed by atoms with van der Waals surface area (Å²) >= 11 is 1.69. The molecule has 0 bridgehead atoms. The van der Waals surface area contributed by atoms with Crippen LogP contribution in [0, 0.1) is 6.92 Å². The van der Waals surface area contributed by atoms with Crippen LogP contribution in [-0.2, 0) is 11.3 Å². The quantitative estimate of drug-likeness (QED) is 0.838.